The quantitative estimate of drug-likeness (QED) is 0.107. The number of aromatic nitrogens is 6. The molecule has 1 unspecified atom stereocenters. The van der Waals surface area contributed by atoms with Gasteiger partial charge < -0.3 is 37.2 Å². The number of likely N-dealkylation sites (N-methyl/N-ethyl adjacent to an activating group) is 1. The van der Waals surface area contributed by atoms with Gasteiger partial charge >= 0.3 is 0 Å². The third-order valence-corrected chi connectivity index (χ3v) is 11.7. The second-order valence-electron chi connectivity index (χ2n) is 16.1. The molecule has 340 valence electrons. The maximum atomic E-state index is 12.9. The molecule has 66 heavy (non-hydrogen) atoms. The van der Waals surface area contributed by atoms with Crippen molar-refractivity contribution in [2.45, 2.75) is 44.7 Å². The summed E-state index contributed by atoms with van der Waals surface area (Å²) in [6.07, 6.45) is 13.5. The fourth-order valence-electron chi connectivity index (χ4n) is 7.85. The highest BCUT2D eigenvalue weighted by molar-refractivity contribution is 6.06. The zero-order chi connectivity index (χ0) is 46.6. The van der Waals surface area contributed by atoms with Crippen LogP contribution in [0.15, 0.2) is 110 Å². The van der Waals surface area contributed by atoms with Crippen molar-refractivity contribution >= 4 is 46.6 Å². The van der Waals surface area contributed by atoms with Crippen molar-refractivity contribution in [1.29, 1.82) is 0 Å². The summed E-state index contributed by atoms with van der Waals surface area (Å²) in [4.78, 5) is 82.3. The first-order chi connectivity index (χ1) is 32.0. The molecular formula is C48H54N14O4. The van der Waals surface area contributed by atoms with Crippen LogP contribution in [0.3, 0.4) is 0 Å². The minimum atomic E-state index is -0.473. The molecule has 18 heteroatoms. The molecule has 0 saturated carbocycles. The van der Waals surface area contributed by atoms with Crippen molar-refractivity contribution in [1.82, 2.24) is 49.9 Å². The number of hydrogen-bond acceptors (Lipinski definition) is 14. The van der Waals surface area contributed by atoms with Crippen molar-refractivity contribution in [3.05, 3.63) is 132 Å². The molecule has 2 aromatic carbocycles. The fourth-order valence-corrected chi connectivity index (χ4v) is 7.85. The van der Waals surface area contributed by atoms with Gasteiger partial charge in [0.05, 0.1) is 47.6 Å². The normalized spacial score (nSPS) is 15.2. The summed E-state index contributed by atoms with van der Waals surface area (Å²) >= 11 is 0. The highest BCUT2D eigenvalue weighted by atomic mass is 16.2. The van der Waals surface area contributed by atoms with Crippen LogP contribution in [0.2, 0.25) is 0 Å². The minimum absolute atomic E-state index is 0.00368. The van der Waals surface area contributed by atoms with Gasteiger partial charge in [0, 0.05) is 60.3 Å². The first kappa shape index (κ1) is 46.3. The first-order valence-electron chi connectivity index (χ1n) is 21.8. The molecule has 0 aliphatic carbocycles. The second kappa shape index (κ2) is 21.8. The van der Waals surface area contributed by atoms with Gasteiger partial charge in [-0.05, 0) is 107 Å². The van der Waals surface area contributed by atoms with Crippen molar-refractivity contribution in [3.63, 3.8) is 0 Å². The van der Waals surface area contributed by atoms with E-state index in [4.69, 9.17) is 11.5 Å². The molecule has 6 heterocycles. The SMILES string of the molecule is CCN1CCCC1CNC(=O)c1ccc(-c2cnc(N)c(C(=O)Nc3cccnc3)n2)cc1.CN1CCC(N(C)C(=O)c2ccc(-c3cnc(N)c(C(=O)Nc4cccnc4)n3)cc2)CC1. The first-order valence-corrected chi connectivity index (χ1v) is 21.8. The number of anilines is 4. The molecule has 1 atom stereocenters. The van der Waals surface area contributed by atoms with Crippen LogP contribution in [-0.4, -0.2) is 127 Å². The van der Waals surface area contributed by atoms with Crippen LogP contribution in [0.5, 0.6) is 0 Å². The van der Waals surface area contributed by atoms with Gasteiger partial charge in [-0.1, -0.05) is 31.2 Å². The molecule has 2 saturated heterocycles. The molecule has 2 aliphatic heterocycles. The van der Waals surface area contributed by atoms with E-state index in [9.17, 15) is 19.2 Å². The Morgan fingerprint density at radius 1 is 0.682 bits per heavy atom. The van der Waals surface area contributed by atoms with Gasteiger partial charge in [-0.3, -0.25) is 34.0 Å². The number of carbonyl (C=O) groups excluding carboxylic acids is 4. The van der Waals surface area contributed by atoms with Crippen LogP contribution < -0.4 is 27.4 Å². The van der Waals surface area contributed by atoms with Crippen LogP contribution in [0.25, 0.3) is 22.5 Å². The van der Waals surface area contributed by atoms with E-state index in [2.05, 4.69) is 69.6 Å². The number of likely N-dealkylation sites (tertiary alicyclic amines) is 2. The summed E-state index contributed by atoms with van der Waals surface area (Å²) in [6.45, 7) is 6.87. The Morgan fingerprint density at radius 3 is 1.68 bits per heavy atom. The number of hydrogen-bond donors (Lipinski definition) is 5. The molecule has 18 nitrogen and oxygen atoms in total. The van der Waals surface area contributed by atoms with Crippen molar-refractivity contribution in [3.8, 4) is 22.5 Å². The number of benzene rings is 2. The van der Waals surface area contributed by atoms with E-state index in [-0.39, 0.29) is 40.9 Å². The highest BCUT2D eigenvalue weighted by Gasteiger charge is 2.26. The van der Waals surface area contributed by atoms with Gasteiger partial charge in [0.1, 0.15) is 0 Å². The Morgan fingerprint density at radius 2 is 1.20 bits per heavy atom. The van der Waals surface area contributed by atoms with Gasteiger partial charge in [-0.25, -0.2) is 19.9 Å². The lowest BCUT2D eigenvalue weighted by Gasteiger charge is -2.35. The van der Waals surface area contributed by atoms with Crippen molar-refractivity contribution < 1.29 is 19.2 Å². The average molecular weight is 891 g/mol. The largest absolute Gasteiger partial charge is 0.382 e. The van der Waals surface area contributed by atoms with E-state index in [1.54, 1.807) is 85.2 Å². The average Bonchev–Trinajstić information content (AvgIpc) is 3.82. The predicted molar refractivity (Wildman–Crippen MR) is 253 cm³/mol. The summed E-state index contributed by atoms with van der Waals surface area (Å²) in [5.41, 5.74) is 16.5. The molecule has 0 bridgehead atoms. The second-order valence-corrected chi connectivity index (χ2v) is 16.1. The lowest BCUT2D eigenvalue weighted by atomic mass is 10.0. The number of carbonyl (C=O) groups is 4. The Hall–Kier alpha value is -7.70. The summed E-state index contributed by atoms with van der Waals surface area (Å²) in [5, 5.41) is 8.45. The van der Waals surface area contributed by atoms with Gasteiger partial charge in [-0.15, -0.1) is 0 Å². The number of pyridine rings is 2. The standard InChI is InChI=1S/2C24H27N7O2/c1-30-12-9-19(10-13-30)31(2)24(33)17-7-5-16(6-8-17)20-15-27-22(25)21(29-20)23(32)28-18-4-3-11-26-14-18;1-2-31-12-4-6-19(31)14-28-23(32)17-9-7-16(8-10-17)20-15-27-22(25)21(30-20)24(33)29-18-5-3-11-26-13-18/h3-8,11,14-15,19H,9-10,12-13H2,1-2H3,(H2,25,27)(H,28,32);3,5,7-11,13,15,19H,2,4,6,12,14H2,1H3,(H2,25,27)(H,28,32)(H,29,33). The summed E-state index contributed by atoms with van der Waals surface area (Å²) in [5.74, 6) is -0.989. The predicted octanol–water partition coefficient (Wildman–Crippen LogP) is 5.13. The van der Waals surface area contributed by atoms with Crippen LogP contribution in [0.1, 0.15) is 74.3 Å². The Kier molecular flexibility index (Phi) is 15.3. The van der Waals surface area contributed by atoms with Crippen molar-refractivity contribution in [2.24, 2.45) is 0 Å². The molecule has 6 aromatic rings. The maximum Gasteiger partial charge on any atom is 0.278 e. The van der Waals surface area contributed by atoms with E-state index >= 15 is 0 Å². The number of nitrogens with two attached hydrogens (primary N) is 2. The molecule has 7 N–H and O–H groups in total. The molecule has 2 aliphatic rings. The number of nitrogens with zero attached hydrogens (tertiary/aromatic N) is 9. The lowest BCUT2D eigenvalue weighted by molar-refractivity contribution is 0.0659. The molecule has 4 amide bonds. The maximum absolute atomic E-state index is 12.9. The monoisotopic (exact) mass is 890 g/mol. The van der Waals surface area contributed by atoms with Crippen LogP contribution >= 0.6 is 0 Å². The minimum Gasteiger partial charge on any atom is -0.382 e. The van der Waals surface area contributed by atoms with Gasteiger partial charge in [0.15, 0.2) is 23.0 Å². The van der Waals surface area contributed by atoms with Crippen LogP contribution in [0, 0.1) is 0 Å². The molecule has 0 spiro atoms. The molecule has 2 fully saturated rings. The molecule has 0 radical (unpaired) electrons. The van der Waals surface area contributed by atoms with Crippen molar-refractivity contribution in [2.75, 3.05) is 68.9 Å². The number of amides is 4. The summed E-state index contributed by atoms with van der Waals surface area (Å²) in [7, 11) is 3.97. The van der Waals surface area contributed by atoms with E-state index in [0.717, 1.165) is 56.6 Å². The number of rotatable bonds is 12. The summed E-state index contributed by atoms with van der Waals surface area (Å²) < 4.78 is 0. The Bertz CT molecular complexity index is 2610. The zero-order valence-corrected chi connectivity index (χ0v) is 37.2. The van der Waals surface area contributed by atoms with Gasteiger partial charge in [0.25, 0.3) is 23.6 Å². The Balaban J connectivity index is 0.000000196. The van der Waals surface area contributed by atoms with Gasteiger partial charge in [-0.2, -0.15) is 0 Å². The summed E-state index contributed by atoms with van der Waals surface area (Å²) in [6, 6.07) is 21.7. The van der Waals surface area contributed by atoms with Crippen LogP contribution in [0.4, 0.5) is 23.0 Å². The topological polar surface area (TPSA) is 243 Å². The zero-order valence-electron chi connectivity index (χ0n) is 37.2. The van der Waals surface area contributed by atoms with E-state index in [0.29, 0.717) is 46.5 Å². The third-order valence-electron chi connectivity index (χ3n) is 11.7. The molecule has 8 rings (SSSR count). The van der Waals surface area contributed by atoms with Gasteiger partial charge in [0.2, 0.25) is 0 Å². The van der Waals surface area contributed by atoms with E-state index < -0.39 is 11.8 Å². The van der Waals surface area contributed by atoms with Crippen LogP contribution in [-0.2, 0) is 0 Å². The van der Waals surface area contributed by atoms with E-state index in [1.807, 2.05) is 11.9 Å². The Labute approximate surface area is 383 Å². The lowest BCUT2D eigenvalue weighted by Crippen LogP contribution is -2.44. The molecule has 4 aromatic heterocycles. The number of nitrogens with one attached hydrogen (secondary N) is 3. The highest BCUT2D eigenvalue weighted by Crippen LogP contribution is 2.24. The number of piperidine rings is 1. The smallest absolute Gasteiger partial charge is 0.278 e. The number of nitrogen functional groups attached to an aromatic ring is 2. The fraction of sp³-hybridized carbons (Fsp3) is 0.292. The van der Waals surface area contributed by atoms with E-state index in [1.165, 1.54) is 31.2 Å². The third kappa shape index (κ3) is 11.7. The molecular weight excluding hydrogens is 837 g/mol.